The zero-order chi connectivity index (χ0) is 21.2. The number of hydrogen-bond donors (Lipinski definition) is 4. The van der Waals surface area contributed by atoms with E-state index in [0.29, 0.717) is 19.0 Å². The normalized spacial score (nSPS) is 15.5. The molecule has 8 nitrogen and oxygen atoms in total. The number of nitrogens with zero attached hydrogens (tertiary/aromatic N) is 3. The highest BCUT2D eigenvalue weighted by Crippen LogP contribution is 2.21. The zero-order valence-electron chi connectivity index (χ0n) is 17.3. The molecule has 3 heterocycles. The topological polar surface area (TPSA) is 104 Å². The van der Waals surface area contributed by atoms with Gasteiger partial charge in [-0.15, -0.1) is 5.10 Å². The van der Waals surface area contributed by atoms with E-state index < -0.39 is 0 Å². The number of amides is 1. The first-order valence-corrected chi connectivity index (χ1v) is 10.4. The second kappa shape index (κ2) is 11.3. The lowest BCUT2D eigenvalue weighted by molar-refractivity contribution is -0.109. The number of hydrogen-bond acceptors (Lipinski definition) is 6. The van der Waals surface area contributed by atoms with Crippen LogP contribution in [0.3, 0.4) is 0 Å². The van der Waals surface area contributed by atoms with Crippen molar-refractivity contribution in [2.45, 2.75) is 32.2 Å². The third-order valence-corrected chi connectivity index (χ3v) is 4.96. The van der Waals surface area contributed by atoms with Gasteiger partial charge in [-0.25, -0.2) is 9.50 Å². The van der Waals surface area contributed by atoms with Gasteiger partial charge in [0.15, 0.2) is 5.65 Å². The first-order chi connectivity index (χ1) is 14.7. The second-order valence-corrected chi connectivity index (χ2v) is 7.32. The molecular weight excluding hydrogens is 380 g/mol. The standard InChI is InChI=1S/C16H18N4O.C6H12N2O/c1-12-3-5-13(6-4-12)14-11-18-16-8-7-15(19-20(14)16)17-9-2-10-21;9-5-7-4-6-2-1-3-8-6/h3-8,11,21H,2,9-10H2,1H3,(H,17,19);5-6,8H,1-4H2,(H,7,9). The van der Waals surface area contributed by atoms with E-state index in [4.69, 9.17) is 5.11 Å². The van der Waals surface area contributed by atoms with Gasteiger partial charge in [-0.2, -0.15) is 0 Å². The first-order valence-electron chi connectivity index (χ1n) is 10.4. The van der Waals surface area contributed by atoms with Gasteiger partial charge in [-0.3, -0.25) is 4.79 Å². The van der Waals surface area contributed by atoms with E-state index in [2.05, 4.69) is 57.2 Å². The Hall–Kier alpha value is -2.97. The Morgan fingerprint density at radius 1 is 1.27 bits per heavy atom. The lowest BCUT2D eigenvalue weighted by Gasteiger charge is -2.06. The fourth-order valence-electron chi connectivity index (χ4n) is 3.31. The quantitative estimate of drug-likeness (QED) is 0.334. The number of nitrogens with one attached hydrogen (secondary N) is 3. The van der Waals surface area contributed by atoms with Gasteiger partial charge in [0.1, 0.15) is 5.82 Å². The van der Waals surface area contributed by atoms with Crippen molar-refractivity contribution < 1.29 is 9.90 Å². The van der Waals surface area contributed by atoms with Crippen molar-refractivity contribution in [3.05, 3.63) is 48.2 Å². The molecule has 1 unspecified atom stereocenters. The van der Waals surface area contributed by atoms with E-state index in [1.54, 1.807) is 0 Å². The minimum absolute atomic E-state index is 0.176. The molecule has 4 N–H and O–H groups in total. The molecule has 1 fully saturated rings. The largest absolute Gasteiger partial charge is 0.396 e. The lowest BCUT2D eigenvalue weighted by atomic mass is 10.1. The van der Waals surface area contributed by atoms with Crippen LogP contribution in [-0.2, 0) is 4.79 Å². The van der Waals surface area contributed by atoms with Gasteiger partial charge in [0.05, 0.1) is 11.9 Å². The van der Waals surface area contributed by atoms with Crippen molar-refractivity contribution in [1.29, 1.82) is 0 Å². The molecule has 0 spiro atoms. The van der Waals surface area contributed by atoms with Gasteiger partial charge in [0.2, 0.25) is 6.41 Å². The van der Waals surface area contributed by atoms with Gasteiger partial charge in [0, 0.05) is 31.3 Å². The fraction of sp³-hybridized carbons (Fsp3) is 0.409. The Morgan fingerprint density at radius 3 is 2.80 bits per heavy atom. The fourth-order valence-corrected chi connectivity index (χ4v) is 3.31. The van der Waals surface area contributed by atoms with Crippen LogP contribution >= 0.6 is 0 Å². The average Bonchev–Trinajstić information content (AvgIpc) is 3.43. The maximum atomic E-state index is 9.82. The van der Waals surface area contributed by atoms with Crippen LogP contribution in [0.25, 0.3) is 16.9 Å². The maximum Gasteiger partial charge on any atom is 0.207 e. The second-order valence-electron chi connectivity index (χ2n) is 7.32. The summed E-state index contributed by atoms with van der Waals surface area (Å²) in [6, 6.07) is 12.7. The van der Waals surface area contributed by atoms with Crippen LogP contribution in [0, 0.1) is 6.92 Å². The summed E-state index contributed by atoms with van der Waals surface area (Å²) >= 11 is 0. The summed E-state index contributed by atoms with van der Waals surface area (Å²) in [7, 11) is 0. The smallest absolute Gasteiger partial charge is 0.207 e. The van der Waals surface area contributed by atoms with E-state index in [1.807, 2.05) is 22.8 Å². The SMILES string of the molecule is Cc1ccc(-c2cnc3ccc(NCCCO)nn23)cc1.O=CNCC1CCCN1. The molecule has 1 amide bonds. The Bertz CT molecular complexity index is 919. The summed E-state index contributed by atoms with van der Waals surface area (Å²) in [5.41, 5.74) is 4.11. The predicted octanol–water partition coefficient (Wildman–Crippen LogP) is 1.98. The minimum Gasteiger partial charge on any atom is -0.396 e. The molecule has 1 aliphatic rings. The Kier molecular flexibility index (Phi) is 8.17. The molecule has 1 aliphatic heterocycles. The van der Waals surface area contributed by atoms with Gasteiger partial charge in [-0.05, 0) is 44.9 Å². The summed E-state index contributed by atoms with van der Waals surface area (Å²) in [4.78, 5) is 14.2. The van der Waals surface area contributed by atoms with Crippen molar-refractivity contribution >= 4 is 17.9 Å². The number of aliphatic hydroxyl groups excluding tert-OH is 1. The molecule has 3 aromatic rings. The molecule has 8 heteroatoms. The first kappa shape index (κ1) is 21.7. The molecule has 160 valence electrons. The Labute approximate surface area is 176 Å². The highest BCUT2D eigenvalue weighted by atomic mass is 16.3. The number of aryl methyl sites for hydroxylation is 1. The Balaban J connectivity index is 0.000000239. The van der Waals surface area contributed by atoms with Gasteiger partial charge >= 0.3 is 0 Å². The monoisotopic (exact) mass is 410 g/mol. The van der Waals surface area contributed by atoms with Crippen LogP contribution in [0.5, 0.6) is 0 Å². The van der Waals surface area contributed by atoms with Crippen LogP contribution in [0.4, 0.5) is 5.82 Å². The molecule has 1 atom stereocenters. The van der Waals surface area contributed by atoms with E-state index in [0.717, 1.165) is 42.2 Å². The molecular formula is C22H30N6O2. The number of carbonyl (C=O) groups is 1. The number of rotatable bonds is 8. The molecule has 30 heavy (non-hydrogen) atoms. The number of benzene rings is 1. The van der Waals surface area contributed by atoms with Crippen LogP contribution in [0.15, 0.2) is 42.6 Å². The zero-order valence-corrected chi connectivity index (χ0v) is 17.3. The summed E-state index contributed by atoms with van der Waals surface area (Å²) in [5, 5.41) is 22.5. The van der Waals surface area contributed by atoms with Gasteiger partial charge < -0.3 is 21.1 Å². The van der Waals surface area contributed by atoms with Gasteiger partial charge in [0.25, 0.3) is 0 Å². The third-order valence-electron chi connectivity index (χ3n) is 4.96. The molecule has 1 aromatic carbocycles. The van der Waals surface area contributed by atoms with Crippen molar-refractivity contribution in [2.24, 2.45) is 0 Å². The minimum atomic E-state index is 0.176. The van der Waals surface area contributed by atoms with Crippen LogP contribution in [-0.4, -0.2) is 58.4 Å². The van der Waals surface area contributed by atoms with E-state index in [-0.39, 0.29) is 6.61 Å². The van der Waals surface area contributed by atoms with Crippen molar-refractivity contribution in [1.82, 2.24) is 25.2 Å². The van der Waals surface area contributed by atoms with E-state index >= 15 is 0 Å². The molecule has 4 rings (SSSR count). The van der Waals surface area contributed by atoms with Crippen LogP contribution in [0.2, 0.25) is 0 Å². The van der Waals surface area contributed by atoms with E-state index in [9.17, 15) is 4.79 Å². The Morgan fingerprint density at radius 2 is 2.10 bits per heavy atom. The summed E-state index contributed by atoms with van der Waals surface area (Å²) in [6.07, 6.45) is 5.73. The number of anilines is 1. The molecule has 0 saturated carbocycles. The van der Waals surface area contributed by atoms with E-state index in [1.165, 1.54) is 18.4 Å². The molecule has 0 aliphatic carbocycles. The number of aromatic nitrogens is 3. The molecule has 0 radical (unpaired) electrons. The number of imidazole rings is 1. The predicted molar refractivity (Wildman–Crippen MR) is 118 cm³/mol. The van der Waals surface area contributed by atoms with Crippen molar-refractivity contribution in [3.63, 3.8) is 0 Å². The van der Waals surface area contributed by atoms with Crippen LogP contribution < -0.4 is 16.0 Å². The summed E-state index contributed by atoms with van der Waals surface area (Å²) in [6.45, 7) is 4.83. The van der Waals surface area contributed by atoms with Gasteiger partial charge in [-0.1, -0.05) is 29.8 Å². The lowest BCUT2D eigenvalue weighted by Crippen LogP contribution is -2.33. The number of carbonyl (C=O) groups excluding carboxylic acids is 1. The maximum absolute atomic E-state index is 9.82. The highest BCUT2D eigenvalue weighted by Gasteiger charge is 2.12. The average molecular weight is 411 g/mol. The van der Waals surface area contributed by atoms with Crippen molar-refractivity contribution in [2.75, 3.05) is 31.6 Å². The molecule has 0 bridgehead atoms. The summed E-state index contributed by atoms with van der Waals surface area (Å²) in [5.74, 6) is 0.780. The highest BCUT2D eigenvalue weighted by molar-refractivity contribution is 5.63. The number of fused-ring (bicyclic) bond motifs is 1. The molecule has 2 aromatic heterocycles. The third kappa shape index (κ3) is 6.01. The number of aliphatic hydroxyl groups is 1. The van der Waals surface area contributed by atoms with Crippen molar-refractivity contribution in [3.8, 4) is 11.3 Å². The molecule has 1 saturated heterocycles. The van der Waals surface area contributed by atoms with Crippen LogP contribution in [0.1, 0.15) is 24.8 Å². The summed E-state index contributed by atoms with van der Waals surface area (Å²) < 4.78 is 1.84.